The van der Waals surface area contributed by atoms with E-state index in [1.54, 1.807) is 12.1 Å². The maximum absolute atomic E-state index is 11.0. The summed E-state index contributed by atoms with van der Waals surface area (Å²) < 4.78 is 0. The minimum Gasteiger partial charge on any atom is -0.507 e. The quantitative estimate of drug-likeness (QED) is 0.747. The summed E-state index contributed by atoms with van der Waals surface area (Å²) in [4.78, 5) is 13.0. The molecule has 1 rings (SSSR count). The molecule has 0 unspecified atom stereocenters. The molecule has 0 amide bonds. The van der Waals surface area contributed by atoms with E-state index in [4.69, 9.17) is 0 Å². The minimum absolute atomic E-state index is 0.0512. The number of benzene rings is 1. The number of carbonyl (C=O) groups is 1. The second kappa shape index (κ2) is 4.13. The van der Waals surface area contributed by atoms with Gasteiger partial charge in [0.15, 0.2) is 5.78 Å². The Hall–Kier alpha value is -1.51. The predicted octanol–water partition coefficient (Wildman–Crippen LogP) is 2.05. The molecule has 3 heteroatoms. The van der Waals surface area contributed by atoms with Crippen LogP contribution in [0.2, 0.25) is 0 Å². The van der Waals surface area contributed by atoms with Gasteiger partial charge in [-0.3, -0.25) is 4.79 Å². The number of hydrogen-bond acceptors (Lipinski definition) is 3. The molecule has 14 heavy (non-hydrogen) atoms. The smallest absolute Gasteiger partial charge is 0.163 e. The van der Waals surface area contributed by atoms with E-state index in [9.17, 15) is 9.90 Å². The Bertz CT molecular complexity index is 347. The first kappa shape index (κ1) is 10.6. The molecule has 0 saturated carbocycles. The molecule has 0 aliphatic carbocycles. The van der Waals surface area contributed by atoms with Crippen LogP contribution in [0.1, 0.15) is 24.2 Å². The van der Waals surface area contributed by atoms with E-state index in [-0.39, 0.29) is 11.5 Å². The average molecular weight is 193 g/mol. The van der Waals surface area contributed by atoms with Gasteiger partial charge in [0.05, 0.1) is 5.56 Å². The van der Waals surface area contributed by atoms with Crippen molar-refractivity contribution < 1.29 is 9.90 Å². The van der Waals surface area contributed by atoms with Crippen LogP contribution in [-0.2, 0) is 0 Å². The van der Waals surface area contributed by atoms with Crippen molar-refractivity contribution in [3.8, 4) is 5.75 Å². The number of ketones is 1. The van der Waals surface area contributed by atoms with E-state index in [0.29, 0.717) is 5.56 Å². The number of anilines is 1. The van der Waals surface area contributed by atoms with Crippen molar-refractivity contribution in [2.45, 2.75) is 13.8 Å². The molecule has 0 fully saturated rings. The van der Waals surface area contributed by atoms with Crippen molar-refractivity contribution in [3.63, 3.8) is 0 Å². The Balaban J connectivity index is 3.06. The van der Waals surface area contributed by atoms with Gasteiger partial charge in [0, 0.05) is 25.3 Å². The summed E-state index contributed by atoms with van der Waals surface area (Å²) >= 11 is 0. The molecule has 76 valence electrons. The number of nitrogens with zero attached hydrogens (tertiary/aromatic N) is 1. The van der Waals surface area contributed by atoms with E-state index in [0.717, 1.165) is 12.2 Å². The fourth-order valence-corrected chi connectivity index (χ4v) is 1.24. The molecule has 0 aliphatic rings. The molecule has 1 N–H and O–H groups in total. The summed E-state index contributed by atoms with van der Waals surface area (Å²) in [5.41, 5.74) is 1.29. The molecule has 0 aliphatic heterocycles. The minimum atomic E-state index is -0.117. The molecular formula is C11H15NO2. The topological polar surface area (TPSA) is 40.5 Å². The molecule has 0 radical (unpaired) electrons. The number of Topliss-reactive ketones (excluding diaryl/α,β-unsaturated/α-hetero) is 1. The summed E-state index contributed by atoms with van der Waals surface area (Å²) in [7, 11) is 1.93. The third kappa shape index (κ3) is 2.05. The summed E-state index contributed by atoms with van der Waals surface area (Å²) in [5.74, 6) is -0.0662. The van der Waals surface area contributed by atoms with E-state index < -0.39 is 0 Å². The first-order chi connectivity index (χ1) is 6.56. The fourth-order valence-electron chi connectivity index (χ4n) is 1.24. The van der Waals surface area contributed by atoms with Crippen LogP contribution in [0.15, 0.2) is 18.2 Å². The maximum atomic E-state index is 11.0. The normalized spacial score (nSPS) is 9.93. The van der Waals surface area contributed by atoms with E-state index >= 15 is 0 Å². The van der Waals surface area contributed by atoms with Gasteiger partial charge in [-0.15, -0.1) is 0 Å². The van der Waals surface area contributed by atoms with E-state index in [1.165, 1.54) is 6.92 Å². The number of carbonyl (C=O) groups excluding carboxylic acids is 1. The van der Waals surface area contributed by atoms with Gasteiger partial charge in [-0.1, -0.05) is 0 Å². The maximum Gasteiger partial charge on any atom is 0.163 e. The Morgan fingerprint density at radius 3 is 2.57 bits per heavy atom. The van der Waals surface area contributed by atoms with Crippen LogP contribution >= 0.6 is 0 Å². The first-order valence-electron chi connectivity index (χ1n) is 4.61. The number of phenols is 1. The molecule has 0 bridgehead atoms. The van der Waals surface area contributed by atoms with Crippen LogP contribution < -0.4 is 4.90 Å². The van der Waals surface area contributed by atoms with Crippen molar-refractivity contribution in [1.82, 2.24) is 0 Å². The average Bonchev–Trinajstić information content (AvgIpc) is 2.15. The SMILES string of the molecule is CCN(C)c1ccc(C(C)=O)c(O)c1. The molecule has 3 nitrogen and oxygen atoms in total. The highest BCUT2D eigenvalue weighted by Gasteiger charge is 2.07. The second-order valence-electron chi connectivity index (χ2n) is 3.27. The molecule has 0 spiro atoms. The van der Waals surface area contributed by atoms with Gasteiger partial charge < -0.3 is 10.0 Å². The fraction of sp³-hybridized carbons (Fsp3) is 0.364. The largest absolute Gasteiger partial charge is 0.507 e. The zero-order valence-corrected chi connectivity index (χ0v) is 8.74. The van der Waals surface area contributed by atoms with E-state index in [1.807, 2.05) is 24.9 Å². The number of aromatic hydroxyl groups is 1. The molecule has 0 saturated heterocycles. The van der Waals surface area contributed by atoms with Gasteiger partial charge in [0.2, 0.25) is 0 Å². The molecule has 1 aromatic carbocycles. The lowest BCUT2D eigenvalue weighted by molar-refractivity contribution is 0.101. The Kier molecular flexibility index (Phi) is 3.12. The summed E-state index contributed by atoms with van der Waals surface area (Å²) in [5, 5.41) is 9.56. The van der Waals surface area contributed by atoms with Gasteiger partial charge in [0.25, 0.3) is 0 Å². The van der Waals surface area contributed by atoms with Gasteiger partial charge in [-0.2, -0.15) is 0 Å². The monoisotopic (exact) mass is 193 g/mol. The highest BCUT2D eigenvalue weighted by Crippen LogP contribution is 2.24. The highest BCUT2D eigenvalue weighted by molar-refractivity contribution is 5.97. The van der Waals surface area contributed by atoms with Gasteiger partial charge in [0.1, 0.15) is 5.75 Å². The Morgan fingerprint density at radius 1 is 1.50 bits per heavy atom. The van der Waals surface area contributed by atoms with Crippen LogP contribution in [0.4, 0.5) is 5.69 Å². The number of hydrogen-bond donors (Lipinski definition) is 1. The second-order valence-corrected chi connectivity index (χ2v) is 3.27. The van der Waals surface area contributed by atoms with E-state index in [2.05, 4.69) is 0 Å². The Morgan fingerprint density at radius 2 is 2.14 bits per heavy atom. The van der Waals surface area contributed by atoms with Crippen LogP contribution in [-0.4, -0.2) is 24.5 Å². The number of phenolic OH excluding ortho intramolecular Hbond substituents is 1. The lowest BCUT2D eigenvalue weighted by atomic mass is 10.1. The van der Waals surface area contributed by atoms with Crippen molar-refractivity contribution >= 4 is 11.5 Å². The molecular weight excluding hydrogens is 178 g/mol. The van der Waals surface area contributed by atoms with Crippen molar-refractivity contribution in [3.05, 3.63) is 23.8 Å². The van der Waals surface area contributed by atoms with Crippen molar-refractivity contribution in [2.24, 2.45) is 0 Å². The Labute approximate surface area is 84.0 Å². The lowest BCUT2D eigenvalue weighted by Gasteiger charge is -2.17. The highest BCUT2D eigenvalue weighted by atomic mass is 16.3. The third-order valence-corrected chi connectivity index (χ3v) is 2.28. The van der Waals surface area contributed by atoms with Gasteiger partial charge >= 0.3 is 0 Å². The van der Waals surface area contributed by atoms with Crippen LogP contribution in [0, 0.1) is 0 Å². The third-order valence-electron chi connectivity index (χ3n) is 2.28. The zero-order chi connectivity index (χ0) is 10.7. The van der Waals surface area contributed by atoms with Gasteiger partial charge in [-0.05, 0) is 26.0 Å². The summed E-state index contributed by atoms with van der Waals surface area (Å²) in [6, 6.07) is 5.10. The lowest BCUT2D eigenvalue weighted by Crippen LogP contribution is -2.15. The van der Waals surface area contributed by atoms with Crippen molar-refractivity contribution in [1.29, 1.82) is 0 Å². The molecule has 1 aromatic rings. The van der Waals surface area contributed by atoms with Crippen molar-refractivity contribution in [2.75, 3.05) is 18.5 Å². The molecule has 0 aromatic heterocycles. The first-order valence-corrected chi connectivity index (χ1v) is 4.61. The molecule has 0 atom stereocenters. The van der Waals surface area contributed by atoms with Crippen LogP contribution in [0.25, 0.3) is 0 Å². The predicted molar refractivity (Wildman–Crippen MR) is 57.1 cm³/mol. The van der Waals surface area contributed by atoms with Crippen LogP contribution in [0.3, 0.4) is 0 Å². The zero-order valence-electron chi connectivity index (χ0n) is 8.74. The van der Waals surface area contributed by atoms with Gasteiger partial charge in [-0.25, -0.2) is 0 Å². The summed E-state index contributed by atoms with van der Waals surface area (Å²) in [6.07, 6.45) is 0. The summed E-state index contributed by atoms with van der Waals surface area (Å²) in [6.45, 7) is 4.33. The number of rotatable bonds is 3. The standard InChI is InChI=1S/C11H15NO2/c1-4-12(3)9-5-6-10(8(2)13)11(14)7-9/h5-7,14H,4H2,1-3H3. The molecule has 0 heterocycles. The van der Waals surface area contributed by atoms with Crippen LogP contribution in [0.5, 0.6) is 5.75 Å².